The Kier molecular flexibility index (Phi) is 4.29. The summed E-state index contributed by atoms with van der Waals surface area (Å²) in [6, 6.07) is 1.94. The highest BCUT2D eigenvalue weighted by Gasteiger charge is 2.18. The van der Waals surface area contributed by atoms with Crippen LogP contribution >= 0.6 is 39.0 Å². The number of carbonyl (C=O) groups is 1. The van der Waals surface area contributed by atoms with Gasteiger partial charge in [-0.05, 0) is 52.3 Å². The summed E-state index contributed by atoms with van der Waals surface area (Å²) in [6.45, 7) is 0. The first kappa shape index (κ1) is 11.7. The molecular weight excluding hydrogens is 292 g/mol. The van der Waals surface area contributed by atoms with Crippen LogP contribution in [0.4, 0.5) is 0 Å². The number of halogens is 1. The Morgan fingerprint density at radius 3 is 2.80 bits per heavy atom. The van der Waals surface area contributed by atoms with Gasteiger partial charge in [0, 0.05) is 17.4 Å². The summed E-state index contributed by atoms with van der Waals surface area (Å²) in [6.07, 6.45) is 3.16. The van der Waals surface area contributed by atoms with E-state index < -0.39 is 0 Å². The second kappa shape index (κ2) is 5.51. The van der Waals surface area contributed by atoms with Crippen LogP contribution in [-0.4, -0.2) is 17.3 Å². The minimum Gasteiger partial charge on any atom is -0.294 e. The summed E-state index contributed by atoms with van der Waals surface area (Å²) in [5, 5.41) is 1.95. The van der Waals surface area contributed by atoms with E-state index in [1.54, 1.807) is 11.3 Å². The summed E-state index contributed by atoms with van der Waals surface area (Å²) < 4.78 is 1.05. The summed E-state index contributed by atoms with van der Waals surface area (Å²) in [5.41, 5.74) is 0.880. The van der Waals surface area contributed by atoms with Gasteiger partial charge in [0.15, 0.2) is 5.78 Å². The van der Waals surface area contributed by atoms with Gasteiger partial charge in [0.1, 0.15) is 0 Å². The van der Waals surface area contributed by atoms with Gasteiger partial charge in [-0.25, -0.2) is 0 Å². The first-order chi connectivity index (χ1) is 7.25. The van der Waals surface area contributed by atoms with Crippen molar-refractivity contribution in [2.75, 3.05) is 11.5 Å². The molecule has 1 aromatic heterocycles. The van der Waals surface area contributed by atoms with Crippen LogP contribution in [0.25, 0.3) is 0 Å². The third-order valence-electron chi connectivity index (χ3n) is 2.70. The molecule has 0 aromatic carbocycles. The Labute approximate surface area is 107 Å². The van der Waals surface area contributed by atoms with Gasteiger partial charge in [-0.1, -0.05) is 0 Å². The van der Waals surface area contributed by atoms with E-state index in [2.05, 4.69) is 15.9 Å². The molecule has 2 rings (SSSR count). The summed E-state index contributed by atoms with van der Waals surface area (Å²) in [5.74, 6) is 3.39. The van der Waals surface area contributed by atoms with Crippen LogP contribution in [-0.2, 0) is 0 Å². The Morgan fingerprint density at radius 1 is 1.47 bits per heavy atom. The fraction of sp³-hybridized carbons (Fsp3) is 0.545. The second-order valence-corrected chi connectivity index (χ2v) is 7.34. The Bertz CT molecular complexity index is 342. The van der Waals surface area contributed by atoms with Crippen molar-refractivity contribution in [3.8, 4) is 0 Å². The monoisotopic (exact) mass is 304 g/mol. The molecule has 82 valence electrons. The molecule has 0 saturated carbocycles. The van der Waals surface area contributed by atoms with Gasteiger partial charge in [-0.3, -0.25) is 4.79 Å². The molecule has 4 heteroatoms. The van der Waals surface area contributed by atoms with E-state index in [9.17, 15) is 4.79 Å². The lowest BCUT2D eigenvalue weighted by Gasteiger charge is -2.20. The number of rotatable bonds is 3. The zero-order chi connectivity index (χ0) is 10.7. The predicted octanol–water partition coefficient (Wildman–Crippen LogP) is 4.23. The van der Waals surface area contributed by atoms with Crippen LogP contribution in [0.5, 0.6) is 0 Å². The number of Topliss-reactive ketones (excluding diaryl/α,β-unsaturated/α-hetero) is 1. The van der Waals surface area contributed by atoms with Crippen molar-refractivity contribution in [1.29, 1.82) is 0 Å². The zero-order valence-corrected chi connectivity index (χ0v) is 11.6. The molecule has 0 aliphatic carbocycles. The molecule has 1 aliphatic heterocycles. The van der Waals surface area contributed by atoms with Crippen LogP contribution in [0, 0.1) is 5.92 Å². The molecule has 0 unspecified atom stereocenters. The maximum Gasteiger partial charge on any atom is 0.164 e. The largest absolute Gasteiger partial charge is 0.294 e. The van der Waals surface area contributed by atoms with Crippen molar-refractivity contribution in [2.24, 2.45) is 5.92 Å². The fourth-order valence-corrected chi connectivity index (χ4v) is 4.15. The van der Waals surface area contributed by atoms with Gasteiger partial charge < -0.3 is 0 Å². The number of thioether (sulfide) groups is 1. The highest BCUT2D eigenvalue weighted by molar-refractivity contribution is 9.11. The first-order valence-corrected chi connectivity index (χ1v) is 7.93. The molecule has 2 heterocycles. The van der Waals surface area contributed by atoms with E-state index in [0.717, 1.165) is 15.8 Å². The average molecular weight is 305 g/mol. The lowest BCUT2D eigenvalue weighted by atomic mass is 9.94. The lowest BCUT2D eigenvalue weighted by Crippen LogP contribution is -2.14. The molecule has 1 nitrogen and oxygen atoms in total. The molecular formula is C11H13BrOS2. The average Bonchev–Trinajstić information content (AvgIpc) is 2.66. The molecule has 0 bridgehead atoms. The second-order valence-electron chi connectivity index (χ2n) is 3.82. The van der Waals surface area contributed by atoms with E-state index in [1.165, 1.54) is 24.3 Å². The SMILES string of the molecule is O=C(CC1CCSCC1)c1csc(Br)c1. The van der Waals surface area contributed by atoms with Gasteiger partial charge in [0.05, 0.1) is 3.79 Å². The minimum absolute atomic E-state index is 0.314. The molecule has 0 amide bonds. The quantitative estimate of drug-likeness (QED) is 0.778. The standard InChI is InChI=1S/C11H13BrOS2/c12-11-6-9(7-15-11)10(13)5-8-1-3-14-4-2-8/h6-8H,1-5H2. The Hall–Kier alpha value is 0.200. The topological polar surface area (TPSA) is 17.1 Å². The summed E-state index contributed by atoms with van der Waals surface area (Å²) in [7, 11) is 0. The van der Waals surface area contributed by atoms with Crippen LogP contribution < -0.4 is 0 Å². The van der Waals surface area contributed by atoms with Crippen molar-refractivity contribution in [3.63, 3.8) is 0 Å². The van der Waals surface area contributed by atoms with Crippen molar-refractivity contribution in [2.45, 2.75) is 19.3 Å². The van der Waals surface area contributed by atoms with Crippen LogP contribution in [0.3, 0.4) is 0 Å². The molecule has 0 spiro atoms. The van der Waals surface area contributed by atoms with E-state index in [0.29, 0.717) is 11.7 Å². The number of thiophene rings is 1. The van der Waals surface area contributed by atoms with Gasteiger partial charge in [-0.2, -0.15) is 11.8 Å². The molecule has 0 radical (unpaired) electrons. The third kappa shape index (κ3) is 3.33. The van der Waals surface area contributed by atoms with Crippen molar-refractivity contribution in [3.05, 3.63) is 20.8 Å². The number of carbonyl (C=O) groups excluding carboxylic acids is 1. The van der Waals surface area contributed by atoms with Gasteiger partial charge in [-0.15, -0.1) is 11.3 Å². The Morgan fingerprint density at radius 2 is 2.20 bits per heavy atom. The molecule has 1 aliphatic rings. The minimum atomic E-state index is 0.314. The fourth-order valence-electron chi connectivity index (χ4n) is 1.79. The smallest absolute Gasteiger partial charge is 0.164 e. The first-order valence-electron chi connectivity index (χ1n) is 5.10. The highest BCUT2D eigenvalue weighted by atomic mass is 79.9. The van der Waals surface area contributed by atoms with Gasteiger partial charge >= 0.3 is 0 Å². The van der Waals surface area contributed by atoms with Crippen LogP contribution in [0.1, 0.15) is 29.6 Å². The molecule has 1 aromatic rings. The maximum absolute atomic E-state index is 11.9. The van der Waals surface area contributed by atoms with Crippen LogP contribution in [0.2, 0.25) is 0 Å². The molecule has 15 heavy (non-hydrogen) atoms. The normalized spacial score (nSPS) is 17.9. The number of hydrogen-bond acceptors (Lipinski definition) is 3. The summed E-state index contributed by atoms with van der Waals surface area (Å²) >= 11 is 6.98. The van der Waals surface area contributed by atoms with E-state index in [4.69, 9.17) is 0 Å². The van der Waals surface area contributed by atoms with Crippen molar-refractivity contribution in [1.82, 2.24) is 0 Å². The van der Waals surface area contributed by atoms with E-state index in [-0.39, 0.29) is 0 Å². The molecule has 1 saturated heterocycles. The highest BCUT2D eigenvalue weighted by Crippen LogP contribution is 2.28. The number of hydrogen-bond donors (Lipinski definition) is 0. The molecule has 0 N–H and O–H groups in total. The summed E-state index contributed by atoms with van der Waals surface area (Å²) in [4.78, 5) is 11.9. The van der Waals surface area contributed by atoms with Gasteiger partial charge in [0.25, 0.3) is 0 Å². The van der Waals surface area contributed by atoms with E-state index in [1.807, 2.05) is 23.2 Å². The predicted molar refractivity (Wildman–Crippen MR) is 71.0 cm³/mol. The number of ketones is 1. The third-order valence-corrected chi connectivity index (χ3v) is 5.26. The van der Waals surface area contributed by atoms with Crippen molar-refractivity contribution >= 4 is 44.8 Å². The molecule has 1 fully saturated rings. The van der Waals surface area contributed by atoms with Crippen molar-refractivity contribution < 1.29 is 4.79 Å². The van der Waals surface area contributed by atoms with E-state index >= 15 is 0 Å². The lowest BCUT2D eigenvalue weighted by molar-refractivity contribution is 0.0959. The molecule has 0 atom stereocenters. The van der Waals surface area contributed by atoms with Gasteiger partial charge in [0.2, 0.25) is 0 Å². The zero-order valence-electron chi connectivity index (χ0n) is 8.37. The van der Waals surface area contributed by atoms with Crippen LogP contribution in [0.15, 0.2) is 15.2 Å². The Balaban J connectivity index is 1.91. The maximum atomic E-state index is 11.9.